The molecule has 192 valence electrons. The first-order valence-electron chi connectivity index (χ1n) is 11.3. The van der Waals surface area contributed by atoms with E-state index in [4.69, 9.17) is 21.6 Å². The summed E-state index contributed by atoms with van der Waals surface area (Å²) in [5.41, 5.74) is 1.67. The summed E-state index contributed by atoms with van der Waals surface area (Å²) < 4.78 is 5.19. The Balaban J connectivity index is 1.77. The number of nitriles is 1. The lowest BCUT2D eigenvalue weighted by Gasteiger charge is -2.22. The second kappa shape index (κ2) is 13.0. The van der Waals surface area contributed by atoms with Gasteiger partial charge >= 0.3 is 12.1 Å². The van der Waals surface area contributed by atoms with Crippen LogP contribution in [0.1, 0.15) is 17.5 Å². The van der Waals surface area contributed by atoms with Crippen LogP contribution < -0.4 is 15.0 Å². The van der Waals surface area contributed by atoms with Crippen LogP contribution >= 0.6 is 11.6 Å². The number of carboxylic acid groups (broad SMARTS) is 1. The summed E-state index contributed by atoms with van der Waals surface area (Å²) in [7, 11) is 3.15. The standard InChI is InChI=1S/C25H26ClN7O4/c1-32(2)25(36)37-19-11-9-17(10-12-19)15-20(21(34)35)28-23-29-22(26)30-24(31-23)33(14-6-13-27)16-18-7-4-3-5-8-18/h3-5,7-12,20H,6,14-16H2,1-2H3,(H,34,35)(H,28,29,30,31)/t20-/m0/s1. The minimum atomic E-state index is -1.12. The van der Waals surface area contributed by atoms with E-state index in [1.54, 1.807) is 43.3 Å². The Bertz CT molecular complexity index is 1250. The van der Waals surface area contributed by atoms with Crippen molar-refractivity contribution in [1.29, 1.82) is 5.26 Å². The number of amides is 1. The maximum Gasteiger partial charge on any atom is 0.414 e. The maximum atomic E-state index is 12.0. The van der Waals surface area contributed by atoms with Crippen LogP contribution in [-0.4, -0.2) is 63.7 Å². The van der Waals surface area contributed by atoms with E-state index < -0.39 is 18.1 Å². The van der Waals surface area contributed by atoms with Crippen molar-refractivity contribution in [3.05, 3.63) is 71.0 Å². The molecule has 0 unspecified atom stereocenters. The van der Waals surface area contributed by atoms with E-state index in [9.17, 15) is 14.7 Å². The van der Waals surface area contributed by atoms with Crippen LogP contribution in [0.4, 0.5) is 16.7 Å². The first-order valence-corrected chi connectivity index (χ1v) is 11.7. The number of hydrogen-bond acceptors (Lipinski definition) is 9. The molecule has 0 spiro atoms. The number of nitrogens with one attached hydrogen (secondary N) is 1. The summed E-state index contributed by atoms with van der Waals surface area (Å²) in [6.07, 6.45) is -0.189. The Kier molecular flexibility index (Phi) is 9.57. The molecular formula is C25H26ClN7O4. The molecule has 0 aliphatic rings. The first kappa shape index (κ1) is 27.2. The second-order valence-electron chi connectivity index (χ2n) is 8.19. The number of aliphatic carboxylic acids is 1. The molecule has 2 aromatic carbocycles. The zero-order chi connectivity index (χ0) is 26.8. The van der Waals surface area contributed by atoms with Crippen molar-refractivity contribution in [2.24, 2.45) is 0 Å². The Morgan fingerprint density at radius 1 is 1.08 bits per heavy atom. The van der Waals surface area contributed by atoms with Crippen LogP contribution in [0.25, 0.3) is 0 Å². The normalized spacial score (nSPS) is 11.2. The Morgan fingerprint density at radius 2 is 1.78 bits per heavy atom. The first-order chi connectivity index (χ1) is 17.7. The van der Waals surface area contributed by atoms with E-state index >= 15 is 0 Å². The van der Waals surface area contributed by atoms with E-state index in [0.29, 0.717) is 24.4 Å². The van der Waals surface area contributed by atoms with Gasteiger partial charge in [-0.3, -0.25) is 0 Å². The highest BCUT2D eigenvalue weighted by molar-refractivity contribution is 6.28. The summed E-state index contributed by atoms with van der Waals surface area (Å²) in [5, 5.41) is 21.6. The molecule has 37 heavy (non-hydrogen) atoms. The number of anilines is 2. The number of carbonyl (C=O) groups is 2. The van der Waals surface area contributed by atoms with Gasteiger partial charge in [0.1, 0.15) is 11.8 Å². The summed E-state index contributed by atoms with van der Waals surface area (Å²) in [4.78, 5) is 39.4. The Morgan fingerprint density at radius 3 is 2.41 bits per heavy atom. The third-order valence-corrected chi connectivity index (χ3v) is 5.29. The topological polar surface area (TPSA) is 145 Å². The molecule has 1 atom stereocenters. The number of hydrogen-bond donors (Lipinski definition) is 2. The Hall–Kier alpha value is -4.43. The average molecular weight is 524 g/mol. The van der Waals surface area contributed by atoms with Gasteiger partial charge in [0.25, 0.3) is 0 Å². The third kappa shape index (κ3) is 8.33. The fraction of sp³-hybridized carbons (Fsp3) is 0.280. The number of halogens is 1. The van der Waals surface area contributed by atoms with Gasteiger partial charge in [-0.15, -0.1) is 0 Å². The molecule has 1 aromatic heterocycles. The SMILES string of the molecule is CN(C)C(=O)Oc1ccc(C[C@H](Nc2nc(Cl)nc(N(CCC#N)Cc3ccccc3)n2)C(=O)O)cc1. The molecule has 3 aromatic rings. The number of aromatic nitrogens is 3. The predicted octanol–water partition coefficient (Wildman–Crippen LogP) is 3.61. The van der Waals surface area contributed by atoms with Gasteiger partial charge in [0.15, 0.2) is 0 Å². The van der Waals surface area contributed by atoms with Crippen LogP contribution in [-0.2, 0) is 17.8 Å². The molecule has 12 heteroatoms. The van der Waals surface area contributed by atoms with Gasteiger partial charge in [-0.2, -0.15) is 20.2 Å². The van der Waals surface area contributed by atoms with E-state index in [2.05, 4.69) is 26.3 Å². The number of ether oxygens (including phenoxy) is 1. The van der Waals surface area contributed by atoms with Crippen LogP contribution in [0.2, 0.25) is 5.28 Å². The van der Waals surface area contributed by atoms with Gasteiger partial charge in [-0.05, 0) is 34.9 Å². The highest BCUT2D eigenvalue weighted by atomic mass is 35.5. The highest BCUT2D eigenvalue weighted by Crippen LogP contribution is 2.19. The number of nitrogens with zero attached hydrogens (tertiary/aromatic N) is 6. The minimum Gasteiger partial charge on any atom is -0.480 e. The van der Waals surface area contributed by atoms with Crippen molar-refractivity contribution >= 4 is 35.6 Å². The monoisotopic (exact) mass is 523 g/mol. The number of carbonyl (C=O) groups excluding carboxylic acids is 1. The van der Waals surface area contributed by atoms with Crippen LogP contribution in [0.5, 0.6) is 5.75 Å². The van der Waals surface area contributed by atoms with Crippen molar-refractivity contribution in [3.63, 3.8) is 0 Å². The van der Waals surface area contributed by atoms with E-state index in [1.165, 1.54) is 4.90 Å². The van der Waals surface area contributed by atoms with Crippen LogP contribution in [0.15, 0.2) is 54.6 Å². The zero-order valence-electron chi connectivity index (χ0n) is 20.3. The summed E-state index contributed by atoms with van der Waals surface area (Å²) in [6.45, 7) is 0.772. The second-order valence-corrected chi connectivity index (χ2v) is 8.53. The van der Waals surface area contributed by atoms with Gasteiger partial charge in [0.05, 0.1) is 12.5 Å². The molecule has 1 heterocycles. The van der Waals surface area contributed by atoms with Gasteiger partial charge in [0, 0.05) is 33.6 Å². The molecule has 3 rings (SSSR count). The summed E-state index contributed by atoms with van der Waals surface area (Å²) in [5.74, 6) is -0.564. The molecule has 0 saturated heterocycles. The molecule has 2 N–H and O–H groups in total. The predicted molar refractivity (Wildman–Crippen MR) is 137 cm³/mol. The molecule has 1 amide bonds. The molecular weight excluding hydrogens is 498 g/mol. The molecule has 0 bridgehead atoms. The largest absolute Gasteiger partial charge is 0.480 e. The van der Waals surface area contributed by atoms with Crippen molar-refractivity contribution in [1.82, 2.24) is 19.9 Å². The van der Waals surface area contributed by atoms with Crippen molar-refractivity contribution in [2.45, 2.75) is 25.4 Å². The molecule has 11 nitrogen and oxygen atoms in total. The van der Waals surface area contributed by atoms with E-state index in [1.807, 2.05) is 30.3 Å². The average Bonchev–Trinajstić information content (AvgIpc) is 2.87. The number of carboxylic acids is 1. The molecule has 0 aliphatic carbocycles. The van der Waals surface area contributed by atoms with Gasteiger partial charge in [-0.1, -0.05) is 42.5 Å². The lowest BCUT2D eigenvalue weighted by Crippen LogP contribution is -2.33. The smallest absolute Gasteiger partial charge is 0.414 e. The lowest BCUT2D eigenvalue weighted by atomic mass is 10.1. The Labute approximate surface area is 219 Å². The van der Waals surface area contributed by atoms with E-state index in [-0.39, 0.29) is 30.0 Å². The van der Waals surface area contributed by atoms with Gasteiger partial charge in [0.2, 0.25) is 17.2 Å². The van der Waals surface area contributed by atoms with Crippen LogP contribution in [0, 0.1) is 11.3 Å². The maximum absolute atomic E-state index is 12.0. The summed E-state index contributed by atoms with van der Waals surface area (Å²) in [6, 6.07) is 17.1. The molecule has 0 aliphatic heterocycles. The fourth-order valence-electron chi connectivity index (χ4n) is 3.26. The molecule has 0 radical (unpaired) electrons. The lowest BCUT2D eigenvalue weighted by molar-refractivity contribution is -0.137. The molecule has 0 fully saturated rings. The minimum absolute atomic E-state index is 0.00560. The highest BCUT2D eigenvalue weighted by Gasteiger charge is 2.21. The van der Waals surface area contributed by atoms with Crippen molar-refractivity contribution < 1.29 is 19.4 Å². The number of rotatable bonds is 11. The molecule has 0 saturated carbocycles. The van der Waals surface area contributed by atoms with Crippen molar-refractivity contribution in [3.8, 4) is 11.8 Å². The summed E-state index contributed by atoms with van der Waals surface area (Å²) >= 11 is 6.15. The third-order valence-electron chi connectivity index (χ3n) is 5.12. The van der Waals surface area contributed by atoms with Gasteiger partial charge in [-0.25, -0.2) is 9.59 Å². The zero-order valence-corrected chi connectivity index (χ0v) is 21.1. The van der Waals surface area contributed by atoms with Crippen molar-refractivity contribution in [2.75, 3.05) is 30.9 Å². The quantitative estimate of drug-likeness (QED) is 0.382. The van der Waals surface area contributed by atoms with Crippen LogP contribution in [0.3, 0.4) is 0 Å². The fourth-order valence-corrected chi connectivity index (χ4v) is 3.42. The van der Waals surface area contributed by atoms with Gasteiger partial charge < -0.3 is 25.0 Å². The number of benzene rings is 2. The van der Waals surface area contributed by atoms with E-state index in [0.717, 1.165) is 5.56 Å².